The van der Waals surface area contributed by atoms with Gasteiger partial charge in [0.25, 0.3) is 0 Å². The van der Waals surface area contributed by atoms with Crippen LogP contribution in [-0.4, -0.2) is 40.9 Å². The Kier molecular flexibility index (Phi) is 2.86. The number of carbonyl (C=O) groups is 1. The molecule has 1 N–H and O–H groups in total. The smallest absolute Gasteiger partial charge is 0.410 e. The molecule has 0 radical (unpaired) electrons. The second-order valence-electron chi connectivity index (χ2n) is 6.03. The molecule has 1 amide bonds. The first kappa shape index (κ1) is 11.7. The lowest BCUT2D eigenvalue weighted by Gasteiger charge is -2.25. The number of rotatable bonds is 0. The topological polar surface area (TPSA) is 49.8 Å². The normalized spacial score (nSPS) is 34.0. The van der Waals surface area contributed by atoms with E-state index in [0.29, 0.717) is 11.8 Å². The van der Waals surface area contributed by atoms with Crippen molar-refractivity contribution in [2.45, 2.75) is 45.3 Å². The van der Waals surface area contributed by atoms with Gasteiger partial charge in [0.05, 0.1) is 6.10 Å². The molecule has 3 atom stereocenters. The molecule has 2 fully saturated rings. The maximum absolute atomic E-state index is 11.8. The summed E-state index contributed by atoms with van der Waals surface area (Å²) in [6.45, 7) is 7.13. The van der Waals surface area contributed by atoms with Gasteiger partial charge in [-0.15, -0.1) is 0 Å². The molecule has 0 aromatic rings. The molecule has 0 aromatic carbocycles. The predicted molar refractivity (Wildman–Crippen MR) is 60.0 cm³/mol. The van der Waals surface area contributed by atoms with E-state index in [1.807, 2.05) is 20.8 Å². The van der Waals surface area contributed by atoms with Gasteiger partial charge in [0.1, 0.15) is 5.60 Å². The Labute approximate surface area is 96.6 Å². The van der Waals surface area contributed by atoms with Crippen LogP contribution in [0.3, 0.4) is 0 Å². The summed E-state index contributed by atoms with van der Waals surface area (Å²) in [5.41, 5.74) is -0.422. The number of aliphatic hydroxyl groups excluding tert-OH is 1. The fourth-order valence-electron chi connectivity index (χ4n) is 2.74. The lowest BCUT2D eigenvalue weighted by Crippen LogP contribution is -2.36. The zero-order chi connectivity index (χ0) is 11.9. The molecule has 16 heavy (non-hydrogen) atoms. The van der Waals surface area contributed by atoms with Gasteiger partial charge in [0.2, 0.25) is 0 Å². The average Bonchev–Trinajstić information content (AvgIpc) is 2.56. The molecule has 1 unspecified atom stereocenters. The Morgan fingerprint density at radius 1 is 1.25 bits per heavy atom. The largest absolute Gasteiger partial charge is 0.444 e. The Balaban J connectivity index is 1.88. The number of ether oxygens (including phenoxy) is 1. The van der Waals surface area contributed by atoms with E-state index in [-0.39, 0.29) is 12.2 Å². The van der Waals surface area contributed by atoms with Crippen molar-refractivity contribution in [1.82, 2.24) is 4.90 Å². The molecule has 1 aliphatic heterocycles. The maximum Gasteiger partial charge on any atom is 0.410 e. The van der Waals surface area contributed by atoms with Crippen LogP contribution in [0.1, 0.15) is 33.6 Å². The third kappa shape index (κ3) is 2.48. The molecular weight excluding hydrogens is 206 g/mol. The fourth-order valence-corrected chi connectivity index (χ4v) is 2.74. The Hall–Kier alpha value is -0.770. The minimum Gasteiger partial charge on any atom is -0.444 e. The number of likely N-dealkylation sites (tertiary alicyclic amines) is 1. The Bertz CT molecular complexity index is 270. The molecular formula is C12H21NO3. The first-order valence-corrected chi connectivity index (χ1v) is 6.01. The summed E-state index contributed by atoms with van der Waals surface area (Å²) in [6, 6.07) is 0. The van der Waals surface area contributed by atoms with Crippen LogP contribution in [0.5, 0.6) is 0 Å². The first-order chi connectivity index (χ1) is 7.35. The zero-order valence-corrected chi connectivity index (χ0v) is 10.3. The highest BCUT2D eigenvalue weighted by molar-refractivity contribution is 5.68. The van der Waals surface area contributed by atoms with Crippen LogP contribution in [0.4, 0.5) is 4.79 Å². The van der Waals surface area contributed by atoms with E-state index in [1.165, 1.54) is 0 Å². The van der Waals surface area contributed by atoms with Gasteiger partial charge >= 0.3 is 6.09 Å². The predicted octanol–water partition coefficient (Wildman–Crippen LogP) is 1.62. The van der Waals surface area contributed by atoms with Gasteiger partial charge in [-0.3, -0.25) is 0 Å². The van der Waals surface area contributed by atoms with Crippen molar-refractivity contribution in [1.29, 1.82) is 0 Å². The minimum absolute atomic E-state index is 0.157. The Morgan fingerprint density at radius 3 is 2.19 bits per heavy atom. The van der Waals surface area contributed by atoms with Crippen molar-refractivity contribution in [2.24, 2.45) is 11.8 Å². The highest BCUT2D eigenvalue weighted by Gasteiger charge is 2.42. The van der Waals surface area contributed by atoms with Crippen molar-refractivity contribution >= 4 is 6.09 Å². The van der Waals surface area contributed by atoms with E-state index in [4.69, 9.17) is 4.74 Å². The molecule has 4 heteroatoms. The summed E-state index contributed by atoms with van der Waals surface area (Å²) in [7, 11) is 0. The summed E-state index contributed by atoms with van der Waals surface area (Å²) in [4.78, 5) is 13.6. The van der Waals surface area contributed by atoms with Crippen LogP contribution in [0.25, 0.3) is 0 Å². The van der Waals surface area contributed by atoms with Gasteiger partial charge in [-0.25, -0.2) is 4.79 Å². The number of carbonyl (C=O) groups excluding carboxylic acids is 1. The number of amides is 1. The minimum atomic E-state index is -0.422. The van der Waals surface area contributed by atoms with Gasteiger partial charge in [-0.2, -0.15) is 0 Å². The van der Waals surface area contributed by atoms with E-state index < -0.39 is 5.60 Å². The van der Waals surface area contributed by atoms with Crippen molar-refractivity contribution in [3.05, 3.63) is 0 Å². The summed E-state index contributed by atoms with van der Waals surface area (Å²) in [5, 5.41) is 9.51. The van der Waals surface area contributed by atoms with Crippen molar-refractivity contribution in [3.63, 3.8) is 0 Å². The van der Waals surface area contributed by atoms with Crippen molar-refractivity contribution in [3.8, 4) is 0 Å². The fraction of sp³-hybridized carbons (Fsp3) is 0.917. The molecule has 1 heterocycles. The lowest BCUT2D eigenvalue weighted by molar-refractivity contribution is 0.0269. The van der Waals surface area contributed by atoms with Gasteiger partial charge in [0, 0.05) is 13.1 Å². The van der Waals surface area contributed by atoms with Crippen LogP contribution in [-0.2, 0) is 4.74 Å². The summed E-state index contributed by atoms with van der Waals surface area (Å²) in [6.07, 6.45) is 1.31. The quantitative estimate of drug-likeness (QED) is 0.684. The van der Waals surface area contributed by atoms with E-state index in [2.05, 4.69) is 0 Å². The number of fused-ring (bicyclic) bond motifs is 1. The van der Waals surface area contributed by atoms with E-state index >= 15 is 0 Å². The molecule has 1 saturated carbocycles. The molecule has 2 aliphatic rings. The number of aliphatic hydroxyl groups is 1. The average molecular weight is 227 g/mol. The van der Waals surface area contributed by atoms with Crippen LogP contribution in [0, 0.1) is 11.8 Å². The molecule has 0 bridgehead atoms. The highest BCUT2D eigenvalue weighted by atomic mass is 16.6. The monoisotopic (exact) mass is 227 g/mol. The standard InChI is InChI=1S/C12H21NO3/c1-12(2,3)16-11(15)13-6-8-4-10(14)5-9(8)7-13/h8-10,14H,4-7H2,1-3H3/t8-,9?,10+/m1/s1. The third-order valence-corrected chi connectivity index (χ3v) is 3.38. The van der Waals surface area contributed by atoms with Gasteiger partial charge in [-0.1, -0.05) is 0 Å². The third-order valence-electron chi connectivity index (χ3n) is 3.38. The second-order valence-corrected chi connectivity index (χ2v) is 6.03. The molecule has 1 aliphatic carbocycles. The molecule has 4 nitrogen and oxygen atoms in total. The molecule has 92 valence electrons. The van der Waals surface area contributed by atoms with Crippen LogP contribution < -0.4 is 0 Å². The molecule has 0 spiro atoms. The molecule has 1 saturated heterocycles. The first-order valence-electron chi connectivity index (χ1n) is 6.01. The summed E-state index contributed by atoms with van der Waals surface area (Å²) < 4.78 is 5.34. The van der Waals surface area contributed by atoms with Gasteiger partial charge in [0.15, 0.2) is 0 Å². The van der Waals surface area contributed by atoms with E-state index in [1.54, 1.807) is 4.90 Å². The maximum atomic E-state index is 11.8. The zero-order valence-electron chi connectivity index (χ0n) is 10.3. The van der Waals surface area contributed by atoms with Crippen LogP contribution >= 0.6 is 0 Å². The van der Waals surface area contributed by atoms with E-state index in [0.717, 1.165) is 25.9 Å². The van der Waals surface area contributed by atoms with Gasteiger partial charge < -0.3 is 14.7 Å². The number of hydrogen-bond acceptors (Lipinski definition) is 3. The van der Waals surface area contributed by atoms with Gasteiger partial charge in [-0.05, 0) is 45.4 Å². The van der Waals surface area contributed by atoms with Crippen molar-refractivity contribution in [2.75, 3.05) is 13.1 Å². The van der Waals surface area contributed by atoms with E-state index in [9.17, 15) is 9.90 Å². The number of nitrogens with zero attached hydrogens (tertiary/aromatic N) is 1. The SMILES string of the molecule is CC(C)(C)OC(=O)N1CC2C[C@@H](O)C[C@@H]2C1. The second kappa shape index (κ2) is 3.91. The summed E-state index contributed by atoms with van der Waals surface area (Å²) >= 11 is 0. The molecule has 2 rings (SSSR count). The van der Waals surface area contributed by atoms with Crippen molar-refractivity contribution < 1.29 is 14.6 Å². The highest BCUT2D eigenvalue weighted by Crippen LogP contribution is 2.38. The van der Waals surface area contributed by atoms with Crippen LogP contribution in [0.15, 0.2) is 0 Å². The number of hydrogen-bond donors (Lipinski definition) is 1. The van der Waals surface area contributed by atoms with Crippen LogP contribution in [0.2, 0.25) is 0 Å². The lowest BCUT2D eigenvalue weighted by atomic mass is 10.0. The summed E-state index contributed by atoms with van der Waals surface area (Å²) in [5.74, 6) is 0.949. The molecule has 0 aromatic heterocycles. The Morgan fingerprint density at radius 2 is 1.75 bits per heavy atom.